The third-order valence-electron chi connectivity index (χ3n) is 3.66. The topological polar surface area (TPSA) is 26.0 Å². The van der Waals surface area contributed by atoms with Gasteiger partial charge in [0.25, 0.3) is 0 Å². The van der Waals surface area contributed by atoms with Crippen LogP contribution in [-0.4, -0.2) is 6.04 Å². The molecule has 1 aromatic rings. The molecule has 0 saturated heterocycles. The maximum absolute atomic E-state index is 6.25. The van der Waals surface area contributed by atoms with Crippen molar-refractivity contribution >= 4 is 0 Å². The van der Waals surface area contributed by atoms with Crippen LogP contribution in [0.2, 0.25) is 0 Å². The fraction of sp³-hybridized carbons (Fsp3) is 0.538. The minimum absolute atomic E-state index is 0.342. The summed E-state index contributed by atoms with van der Waals surface area (Å²) < 4.78 is 0. The highest BCUT2D eigenvalue weighted by atomic mass is 14.7. The predicted molar refractivity (Wildman–Crippen MR) is 60.3 cm³/mol. The maximum Gasteiger partial charge on any atom is 0.0137 e. The van der Waals surface area contributed by atoms with Crippen LogP contribution in [0.15, 0.2) is 24.3 Å². The highest BCUT2D eigenvalue weighted by Gasteiger charge is 2.32. The molecule has 3 unspecified atom stereocenters. The van der Waals surface area contributed by atoms with Gasteiger partial charge in [-0.3, -0.25) is 0 Å². The van der Waals surface area contributed by atoms with Crippen LogP contribution in [0.3, 0.4) is 0 Å². The Labute approximate surface area is 86.3 Å². The van der Waals surface area contributed by atoms with E-state index in [-0.39, 0.29) is 0 Å². The lowest BCUT2D eigenvalue weighted by atomic mass is 9.70. The van der Waals surface area contributed by atoms with Crippen LogP contribution >= 0.6 is 0 Å². The van der Waals surface area contributed by atoms with E-state index in [1.54, 1.807) is 0 Å². The van der Waals surface area contributed by atoms with E-state index in [2.05, 4.69) is 38.1 Å². The summed E-state index contributed by atoms with van der Waals surface area (Å²) in [5.74, 6) is 1.24. The van der Waals surface area contributed by atoms with E-state index >= 15 is 0 Å². The van der Waals surface area contributed by atoms with Crippen molar-refractivity contribution in [3.63, 3.8) is 0 Å². The number of hydrogen-bond acceptors (Lipinski definition) is 1. The molecule has 76 valence electrons. The molecular weight excluding hydrogens is 170 g/mol. The van der Waals surface area contributed by atoms with E-state index in [0.717, 1.165) is 0 Å². The Morgan fingerprint density at radius 3 is 2.79 bits per heavy atom. The van der Waals surface area contributed by atoms with E-state index in [0.29, 0.717) is 17.9 Å². The van der Waals surface area contributed by atoms with E-state index in [1.807, 2.05) is 0 Å². The van der Waals surface area contributed by atoms with Gasteiger partial charge in [-0.1, -0.05) is 44.5 Å². The number of benzene rings is 1. The summed E-state index contributed by atoms with van der Waals surface area (Å²) in [6.45, 7) is 4.47. The molecule has 0 bridgehead atoms. The van der Waals surface area contributed by atoms with Gasteiger partial charge in [0, 0.05) is 12.0 Å². The molecule has 14 heavy (non-hydrogen) atoms. The molecule has 1 aromatic carbocycles. The zero-order valence-electron chi connectivity index (χ0n) is 9.03. The first-order chi connectivity index (χ1) is 6.74. The van der Waals surface area contributed by atoms with Crippen LogP contribution in [-0.2, 0) is 6.42 Å². The van der Waals surface area contributed by atoms with E-state index in [1.165, 1.54) is 24.0 Å². The zero-order valence-corrected chi connectivity index (χ0v) is 9.03. The second kappa shape index (κ2) is 3.74. The van der Waals surface area contributed by atoms with Crippen LogP contribution in [0, 0.1) is 5.92 Å². The minimum atomic E-state index is 0.342. The Kier molecular flexibility index (Phi) is 2.60. The lowest BCUT2D eigenvalue weighted by molar-refractivity contribution is 0.358. The van der Waals surface area contributed by atoms with Gasteiger partial charge in [0.2, 0.25) is 0 Å². The van der Waals surface area contributed by atoms with Gasteiger partial charge >= 0.3 is 0 Å². The smallest absolute Gasteiger partial charge is 0.0137 e. The van der Waals surface area contributed by atoms with Crippen LogP contribution in [0.1, 0.15) is 37.3 Å². The van der Waals surface area contributed by atoms with Gasteiger partial charge in [-0.15, -0.1) is 0 Å². The van der Waals surface area contributed by atoms with Crippen LogP contribution < -0.4 is 5.73 Å². The molecule has 0 saturated carbocycles. The van der Waals surface area contributed by atoms with Crippen LogP contribution in [0.25, 0.3) is 0 Å². The molecular formula is C13H19N. The molecule has 0 amide bonds. The molecule has 0 radical (unpaired) electrons. The van der Waals surface area contributed by atoms with Crippen molar-refractivity contribution in [1.29, 1.82) is 0 Å². The molecule has 1 heteroatoms. The normalized spacial score (nSPS) is 23.5. The quantitative estimate of drug-likeness (QED) is 0.777. The Hall–Kier alpha value is -0.820. The van der Waals surface area contributed by atoms with Crippen molar-refractivity contribution in [2.24, 2.45) is 11.7 Å². The van der Waals surface area contributed by atoms with Gasteiger partial charge in [0.15, 0.2) is 0 Å². The molecule has 1 aliphatic rings. The van der Waals surface area contributed by atoms with E-state index in [9.17, 15) is 0 Å². The second-order valence-corrected chi connectivity index (χ2v) is 4.47. The number of nitrogens with two attached hydrogens (primary N) is 1. The van der Waals surface area contributed by atoms with Gasteiger partial charge < -0.3 is 5.73 Å². The van der Waals surface area contributed by atoms with E-state index < -0.39 is 0 Å². The SMILES string of the molecule is CCC(C)C(N)C1Cc2ccccc21. The predicted octanol–water partition coefficient (Wildman–Crippen LogP) is 2.70. The maximum atomic E-state index is 6.25. The van der Waals surface area contributed by atoms with E-state index in [4.69, 9.17) is 5.73 Å². The minimum Gasteiger partial charge on any atom is -0.327 e. The summed E-state index contributed by atoms with van der Waals surface area (Å²) in [5.41, 5.74) is 9.23. The Morgan fingerprint density at radius 1 is 1.43 bits per heavy atom. The molecule has 2 rings (SSSR count). The molecule has 0 heterocycles. The first-order valence-electron chi connectivity index (χ1n) is 5.57. The molecule has 0 aliphatic heterocycles. The Morgan fingerprint density at radius 2 is 2.14 bits per heavy atom. The monoisotopic (exact) mass is 189 g/mol. The van der Waals surface area contributed by atoms with Crippen molar-refractivity contribution in [1.82, 2.24) is 0 Å². The molecule has 1 aliphatic carbocycles. The number of rotatable bonds is 3. The highest BCUT2D eigenvalue weighted by Crippen LogP contribution is 2.38. The molecule has 2 N–H and O–H groups in total. The van der Waals surface area contributed by atoms with Crippen molar-refractivity contribution in [3.05, 3.63) is 35.4 Å². The first-order valence-corrected chi connectivity index (χ1v) is 5.57. The van der Waals surface area contributed by atoms with Crippen LogP contribution in [0.4, 0.5) is 0 Å². The third kappa shape index (κ3) is 1.46. The number of fused-ring (bicyclic) bond motifs is 1. The van der Waals surface area contributed by atoms with Crippen molar-refractivity contribution in [2.45, 2.75) is 38.6 Å². The zero-order chi connectivity index (χ0) is 10.1. The standard InChI is InChI=1S/C13H19N/c1-3-9(2)13(14)12-8-10-6-4-5-7-11(10)12/h4-7,9,12-13H,3,8,14H2,1-2H3. The van der Waals surface area contributed by atoms with Gasteiger partial charge in [-0.05, 0) is 23.5 Å². The average Bonchev–Trinajstić information content (AvgIpc) is 2.18. The Bertz CT molecular complexity index is 319. The summed E-state index contributed by atoms with van der Waals surface area (Å²) in [6, 6.07) is 9.02. The molecule has 0 fully saturated rings. The van der Waals surface area contributed by atoms with Gasteiger partial charge in [-0.2, -0.15) is 0 Å². The summed E-state index contributed by atoms with van der Waals surface area (Å²) in [6.07, 6.45) is 2.36. The van der Waals surface area contributed by atoms with Crippen molar-refractivity contribution in [3.8, 4) is 0 Å². The molecule has 1 nitrogen and oxygen atoms in total. The van der Waals surface area contributed by atoms with Crippen LogP contribution in [0.5, 0.6) is 0 Å². The van der Waals surface area contributed by atoms with Gasteiger partial charge in [-0.25, -0.2) is 0 Å². The Balaban J connectivity index is 2.11. The number of hydrogen-bond donors (Lipinski definition) is 1. The summed E-state index contributed by atoms with van der Waals surface area (Å²) in [4.78, 5) is 0. The average molecular weight is 189 g/mol. The molecule has 3 atom stereocenters. The lowest BCUT2D eigenvalue weighted by Gasteiger charge is -2.37. The van der Waals surface area contributed by atoms with Gasteiger partial charge in [0.1, 0.15) is 0 Å². The summed E-state index contributed by atoms with van der Waals surface area (Å²) in [7, 11) is 0. The summed E-state index contributed by atoms with van der Waals surface area (Å²) in [5, 5.41) is 0. The first kappa shape index (κ1) is 9.72. The van der Waals surface area contributed by atoms with Gasteiger partial charge in [0.05, 0.1) is 0 Å². The van der Waals surface area contributed by atoms with Crippen molar-refractivity contribution in [2.75, 3.05) is 0 Å². The highest BCUT2D eigenvalue weighted by molar-refractivity contribution is 5.41. The fourth-order valence-electron chi connectivity index (χ4n) is 2.31. The molecule has 0 aromatic heterocycles. The third-order valence-corrected chi connectivity index (χ3v) is 3.66. The largest absolute Gasteiger partial charge is 0.327 e. The van der Waals surface area contributed by atoms with Crippen molar-refractivity contribution < 1.29 is 0 Å². The fourth-order valence-corrected chi connectivity index (χ4v) is 2.31. The summed E-state index contributed by atoms with van der Waals surface area (Å²) >= 11 is 0. The molecule has 0 spiro atoms. The second-order valence-electron chi connectivity index (χ2n) is 4.47. The lowest BCUT2D eigenvalue weighted by Crippen LogP contribution is -2.40.